The fourth-order valence-corrected chi connectivity index (χ4v) is 4.55. The molecule has 3 aliphatic rings. The van der Waals surface area contributed by atoms with Crippen LogP contribution in [0.1, 0.15) is 55.3 Å². The van der Waals surface area contributed by atoms with E-state index in [4.69, 9.17) is 9.47 Å². The molecule has 1 unspecified atom stereocenters. The van der Waals surface area contributed by atoms with Crippen molar-refractivity contribution in [3.63, 3.8) is 0 Å². The van der Waals surface area contributed by atoms with Crippen LogP contribution in [-0.2, 0) is 9.59 Å². The Morgan fingerprint density at radius 2 is 2.10 bits per heavy atom. The third kappa shape index (κ3) is 4.37. The van der Waals surface area contributed by atoms with Crippen LogP contribution in [0.5, 0.6) is 11.5 Å². The standard InChI is InChI=1S/C22H29N3O5/c1-29-16-6-7-17-18(12-16)30-22(14-23-21(17)28)9-8-20(27)25(11-10-22)13-19(26)24-15-4-2-3-5-15/h6-7,12,15H,2-5,8-11,13-14H2,1H3,(H,23,28)(H,24,26). The summed E-state index contributed by atoms with van der Waals surface area (Å²) in [5.41, 5.74) is -0.240. The van der Waals surface area contributed by atoms with Crippen molar-refractivity contribution in [2.75, 3.05) is 26.7 Å². The number of hydrogen-bond acceptors (Lipinski definition) is 5. The predicted molar refractivity (Wildman–Crippen MR) is 110 cm³/mol. The quantitative estimate of drug-likeness (QED) is 0.779. The Kier molecular flexibility index (Phi) is 5.83. The van der Waals surface area contributed by atoms with Gasteiger partial charge in [-0.05, 0) is 31.4 Å². The van der Waals surface area contributed by atoms with E-state index in [9.17, 15) is 14.4 Å². The molecule has 2 aliphatic heterocycles. The Balaban J connectivity index is 1.45. The summed E-state index contributed by atoms with van der Waals surface area (Å²) in [7, 11) is 1.56. The Morgan fingerprint density at radius 3 is 2.87 bits per heavy atom. The van der Waals surface area contributed by atoms with Crippen LogP contribution >= 0.6 is 0 Å². The monoisotopic (exact) mass is 415 g/mol. The average molecular weight is 415 g/mol. The molecule has 0 radical (unpaired) electrons. The summed E-state index contributed by atoms with van der Waals surface area (Å²) in [6, 6.07) is 5.35. The summed E-state index contributed by atoms with van der Waals surface area (Å²) in [6.45, 7) is 0.798. The van der Waals surface area contributed by atoms with E-state index < -0.39 is 5.60 Å². The van der Waals surface area contributed by atoms with Crippen molar-refractivity contribution in [1.29, 1.82) is 0 Å². The van der Waals surface area contributed by atoms with Crippen molar-refractivity contribution in [2.45, 2.75) is 56.6 Å². The molecule has 3 amide bonds. The summed E-state index contributed by atoms with van der Waals surface area (Å²) in [5, 5.41) is 5.98. The average Bonchev–Trinajstić information content (AvgIpc) is 3.15. The van der Waals surface area contributed by atoms with E-state index in [0.29, 0.717) is 43.0 Å². The maximum absolute atomic E-state index is 12.7. The highest BCUT2D eigenvalue weighted by Crippen LogP contribution is 2.35. The Bertz CT molecular complexity index is 836. The molecule has 1 atom stereocenters. The molecule has 162 valence electrons. The topological polar surface area (TPSA) is 97.0 Å². The molecule has 2 N–H and O–H groups in total. The van der Waals surface area contributed by atoms with Gasteiger partial charge in [-0.3, -0.25) is 14.4 Å². The van der Waals surface area contributed by atoms with Crippen LogP contribution in [0.3, 0.4) is 0 Å². The van der Waals surface area contributed by atoms with Crippen molar-refractivity contribution >= 4 is 17.7 Å². The SMILES string of the molecule is COc1ccc2c(c1)OC1(CCC(=O)N(CC(=O)NC3CCCC3)CC1)CNC2=O. The van der Waals surface area contributed by atoms with Gasteiger partial charge in [0.15, 0.2) is 0 Å². The molecule has 2 heterocycles. The van der Waals surface area contributed by atoms with Crippen molar-refractivity contribution < 1.29 is 23.9 Å². The lowest BCUT2D eigenvalue weighted by Crippen LogP contribution is -2.46. The van der Waals surface area contributed by atoms with Crippen LogP contribution in [0.25, 0.3) is 0 Å². The smallest absolute Gasteiger partial charge is 0.255 e. The first-order valence-corrected chi connectivity index (χ1v) is 10.7. The number of rotatable bonds is 4. The van der Waals surface area contributed by atoms with Gasteiger partial charge in [0, 0.05) is 31.5 Å². The number of methoxy groups -OCH3 is 1. The van der Waals surface area contributed by atoms with Gasteiger partial charge >= 0.3 is 0 Å². The zero-order chi connectivity index (χ0) is 21.1. The summed E-state index contributed by atoms with van der Waals surface area (Å²) < 4.78 is 11.6. The van der Waals surface area contributed by atoms with Crippen LogP contribution in [0.2, 0.25) is 0 Å². The van der Waals surface area contributed by atoms with E-state index in [-0.39, 0.29) is 36.7 Å². The van der Waals surface area contributed by atoms with Gasteiger partial charge in [-0.25, -0.2) is 0 Å². The highest BCUT2D eigenvalue weighted by atomic mass is 16.5. The molecule has 4 rings (SSSR count). The fourth-order valence-electron chi connectivity index (χ4n) is 4.55. The van der Waals surface area contributed by atoms with Crippen molar-refractivity contribution in [3.05, 3.63) is 23.8 Å². The number of nitrogens with zero attached hydrogens (tertiary/aromatic N) is 1. The molecule has 0 bridgehead atoms. The number of benzene rings is 1. The number of hydrogen-bond donors (Lipinski definition) is 2. The number of carbonyl (C=O) groups is 3. The van der Waals surface area contributed by atoms with E-state index in [2.05, 4.69) is 10.6 Å². The van der Waals surface area contributed by atoms with Crippen molar-refractivity contribution in [2.24, 2.45) is 0 Å². The van der Waals surface area contributed by atoms with Gasteiger partial charge in [-0.15, -0.1) is 0 Å². The van der Waals surface area contributed by atoms with Crippen molar-refractivity contribution in [3.8, 4) is 11.5 Å². The lowest BCUT2D eigenvalue weighted by atomic mass is 9.94. The second-order valence-corrected chi connectivity index (χ2v) is 8.44. The van der Waals surface area contributed by atoms with E-state index >= 15 is 0 Å². The number of carbonyl (C=O) groups excluding carboxylic acids is 3. The number of fused-ring (bicyclic) bond motifs is 1. The molecule has 1 spiro atoms. The van der Waals surface area contributed by atoms with Gasteiger partial charge in [-0.1, -0.05) is 12.8 Å². The molecule has 1 saturated heterocycles. The van der Waals surface area contributed by atoms with E-state index in [1.54, 1.807) is 30.2 Å². The van der Waals surface area contributed by atoms with Crippen LogP contribution in [0.4, 0.5) is 0 Å². The normalized spacial score (nSPS) is 24.5. The first-order valence-electron chi connectivity index (χ1n) is 10.7. The first-order chi connectivity index (χ1) is 14.5. The third-order valence-corrected chi connectivity index (χ3v) is 6.37. The second kappa shape index (κ2) is 8.53. The van der Waals surface area contributed by atoms with Crippen LogP contribution in [0.15, 0.2) is 18.2 Å². The number of amides is 3. The molecule has 1 aromatic carbocycles. The molecule has 8 heteroatoms. The lowest BCUT2D eigenvalue weighted by Gasteiger charge is -2.32. The summed E-state index contributed by atoms with van der Waals surface area (Å²) in [6.07, 6.45) is 5.59. The zero-order valence-corrected chi connectivity index (χ0v) is 17.4. The molecular formula is C22H29N3O5. The van der Waals surface area contributed by atoms with Crippen LogP contribution in [0, 0.1) is 0 Å². The second-order valence-electron chi connectivity index (χ2n) is 8.44. The van der Waals surface area contributed by atoms with Crippen molar-refractivity contribution in [1.82, 2.24) is 15.5 Å². The third-order valence-electron chi connectivity index (χ3n) is 6.37. The molecule has 0 aromatic heterocycles. The minimum Gasteiger partial charge on any atom is -0.497 e. The summed E-state index contributed by atoms with van der Waals surface area (Å²) in [4.78, 5) is 39.2. The Morgan fingerprint density at radius 1 is 1.30 bits per heavy atom. The molecule has 8 nitrogen and oxygen atoms in total. The molecule has 30 heavy (non-hydrogen) atoms. The molecule has 2 fully saturated rings. The van der Waals surface area contributed by atoms with Crippen LogP contribution in [-0.4, -0.2) is 61.0 Å². The van der Waals surface area contributed by atoms with Gasteiger partial charge < -0.3 is 25.0 Å². The van der Waals surface area contributed by atoms with Crippen LogP contribution < -0.4 is 20.1 Å². The van der Waals surface area contributed by atoms with Gasteiger partial charge in [0.05, 0.1) is 25.8 Å². The van der Waals surface area contributed by atoms with E-state index in [1.165, 1.54) is 0 Å². The minimum absolute atomic E-state index is 0.0570. The zero-order valence-electron chi connectivity index (χ0n) is 17.4. The summed E-state index contributed by atoms with van der Waals surface area (Å²) in [5.74, 6) is 0.709. The summed E-state index contributed by atoms with van der Waals surface area (Å²) >= 11 is 0. The fraction of sp³-hybridized carbons (Fsp3) is 0.591. The lowest BCUT2D eigenvalue weighted by molar-refractivity contribution is -0.135. The van der Waals surface area contributed by atoms with Gasteiger partial charge in [0.2, 0.25) is 11.8 Å². The first kappa shape index (κ1) is 20.5. The van der Waals surface area contributed by atoms with E-state index in [0.717, 1.165) is 25.7 Å². The predicted octanol–water partition coefficient (Wildman–Crippen LogP) is 1.63. The molecular weight excluding hydrogens is 386 g/mol. The number of likely N-dealkylation sites (tertiary alicyclic amines) is 1. The highest BCUT2D eigenvalue weighted by molar-refractivity contribution is 5.97. The maximum Gasteiger partial charge on any atom is 0.255 e. The largest absolute Gasteiger partial charge is 0.497 e. The van der Waals surface area contributed by atoms with Gasteiger partial charge in [0.25, 0.3) is 5.91 Å². The van der Waals surface area contributed by atoms with E-state index in [1.807, 2.05) is 0 Å². The number of nitrogens with one attached hydrogen (secondary N) is 2. The van der Waals surface area contributed by atoms with Gasteiger partial charge in [0.1, 0.15) is 17.1 Å². The molecule has 1 aliphatic carbocycles. The Labute approximate surface area is 176 Å². The number of ether oxygens (including phenoxy) is 2. The maximum atomic E-state index is 12.7. The van der Waals surface area contributed by atoms with Gasteiger partial charge in [-0.2, -0.15) is 0 Å². The molecule has 1 saturated carbocycles. The highest BCUT2D eigenvalue weighted by Gasteiger charge is 2.40. The minimum atomic E-state index is -0.695. The molecule has 1 aromatic rings. The Hall–Kier alpha value is -2.77.